The summed E-state index contributed by atoms with van der Waals surface area (Å²) >= 11 is 1.65. The predicted molar refractivity (Wildman–Crippen MR) is 106 cm³/mol. The van der Waals surface area contributed by atoms with E-state index in [4.69, 9.17) is 14.0 Å². The zero-order valence-corrected chi connectivity index (χ0v) is 16.6. The summed E-state index contributed by atoms with van der Waals surface area (Å²) in [4.78, 5) is 16.7. The first-order valence-corrected chi connectivity index (χ1v) is 10.3. The Morgan fingerprint density at radius 1 is 1.36 bits per heavy atom. The van der Waals surface area contributed by atoms with Gasteiger partial charge in [-0.1, -0.05) is 5.16 Å². The molecule has 1 amide bonds. The molecule has 148 valence electrons. The Balaban J connectivity index is 1.26. The highest BCUT2D eigenvalue weighted by Gasteiger charge is 2.16. The van der Waals surface area contributed by atoms with Crippen molar-refractivity contribution in [3.8, 4) is 5.75 Å². The molecule has 2 aromatic heterocycles. The number of carbonyl (C=O) groups is 1. The highest BCUT2D eigenvalue weighted by atomic mass is 32.1. The van der Waals surface area contributed by atoms with E-state index in [0.717, 1.165) is 41.1 Å². The zero-order valence-electron chi connectivity index (χ0n) is 15.8. The van der Waals surface area contributed by atoms with E-state index in [0.29, 0.717) is 18.1 Å². The smallest absolute Gasteiger partial charge is 0.273 e. The standard InChI is InChI=1S/C20H23N3O4S/c1-13-22-17-10-15(5-6-19(17)28-13)26-12-16-11-18(23-27-16)20(24)21-8-7-14-4-2-3-9-25-14/h5-6,10-11,14H,2-4,7-9,12H2,1H3,(H,21,24)/t14-/m1/s1. The van der Waals surface area contributed by atoms with Gasteiger partial charge in [-0.05, 0) is 44.7 Å². The fourth-order valence-corrected chi connectivity index (χ4v) is 4.03. The molecule has 0 spiro atoms. The van der Waals surface area contributed by atoms with Gasteiger partial charge in [0.2, 0.25) is 0 Å². The topological polar surface area (TPSA) is 86.5 Å². The van der Waals surface area contributed by atoms with Crippen molar-refractivity contribution in [2.45, 2.75) is 45.3 Å². The molecule has 0 aliphatic carbocycles. The molecule has 8 heteroatoms. The number of benzene rings is 1. The first-order chi connectivity index (χ1) is 13.7. The van der Waals surface area contributed by atoms with Crippen molar-refractivity contribution in [2.75, 3.05) is 13.2 Å². The van der Waals surface area contributed by atoms with Gasteiger partial charge in [0.05, 0.1) is 21.3 Å². The average Bonchev–Trinajstić information content (AvgIpc) is 3.32. The number of aromatic nitrogens is 2. The number of amides is 1. The van der Waals surface area contributed by atoms with Crippen LogP contribution in [0.15, 0.2) is 28.8 Å². The molecule has 0 unspecified atom stereocenters. The summed E-state index contributed by atoms with van der Waals surface area (Å²) in [7, 11) is 0. The Bertz CT molecular complexity index is 946. The third-order valence-corrected chi connectivity index (χ3v) is 5.62. The predicted octanol–water partition coefficient (Wildman–Crippen LogP) is 3.86. The van der Waals surface area contributed by atoms with E-state index in [1.54, 1.807) is 17.4 Å². The molecular weight excluding hydrogens is 378 g/mol. The van der Waals surface area contributed by atoms with Crippen molar-refractivity contribution >= 4 is 27.5 Å². The SMILES string of the molecule is Cc1nc2cc(OCc3cc(C(=O)NCC[C@H]4CCCCO4)no3)ccc2s1. The van der Waals surface area contributed by atoms with E-state index in [2.05, 4.69) is 15.5 Å². The summed E-state index contributed by atoms with van der Waals surface area (Å²) in [5.74, 6) is 0.952. The molecule has 1 aliphatic heterocycles. The van der Waals surface area contributed by atoms with Crippen molar-refractivity contribution < 1.29 is 18.8 Å². The zero-order chi connectivity index (χ0) is 19.3. The average molecular weight is 401 g/mol. The second-order valence-electron chi connectivity index (χ2n) is 6.86. The molecular formula is C20H23N3O4S. The largest absolute Gasteiger partial charge is 0.485 e. The van der Waals surface area contributed by atoms with Crippen LogP contribution in [0.4, 0.5) is 0 Å². The van der Waals surface area contributed by atoms with Crippen molar-refractivity contribution in [2.24, 2.45) is 0 Å². The number of hydrogen-bond donors (Lipinski definition) is 1. The van der Waals surface area contributed by atoms with Crippen LogP contribution in [0.1, 0.15) is 46.9 Å². The maximum absolute atomic E-state index is 12.2. The lowest BCUT2D eigenvalue weighted by Gasteiger charge is -2.22. The number of hydrogen-bond acceptors (Lipinski definition) is 7. The number of nitrogens with one attached hydrogen (secondary N) is 1. The van der Waals surface area contributed by atoms with Crippen molar-refractivity contribution in [1.82, 2.24) is 15.5 Å². The maximum Gasteiger partial charge on any atom is 0.273 e. The van der Waals surface area contributed by atoms with Crippen molar-refractivity contribution in [3.63, 3.8) is 0 Å². The van der Waals surface area contributed by atoms with Gasteiger partial charge in [0.25, 0.3) is 5.91 Å². The summed E-state index contributed by atoms with van der Waals surface area (Å²) in [6, 6.07) is 7.40. The molecule has 0 bridgehead atoms. The molecule has 4 rings (SSSR count). The number of thiazole rings is 1. The Labute approximate surface area is 167 Å². The second-order valence-corrected chi connectivity index (χ2v) is 8.10. The highest BCUT2D eigenvalue weighted by Crippen LogP contribution is 2.26. The van der Waals surface area contributed by atoms with Gasteiger partial charge in [0.1, 0.15) is 12.4 Å². The van der Waals surface area contributed by atoms with Gasteiger partial charge in [-0.15, -0.1) is 11.3 Å². The number of nitrogens with zero attached hydrogens (tertiary/aromatic N) is 2. The number of fused-ring (bicyclic) bond motifs is 1. The van der Waals surface area contributed by atoms with Gasteiger partial charge < -0.3 is 19.3 Å². The number of ether oxygens (including phenoxy) is 2. The lowest BCUT2D eigenvalue weighted by molar-refractivity contribution is 0.0117. The minimum Gasteiger partial charge on any atom is -0.485 e. The van der Waals surface area contributed by atoms with Crippen molar-refractivity contribution in [3.05, 3.63) is 40.7 Å². The van der Waals surface area contributed by atoms with Gasteiger partial charge in [-0.2, -0.15) is 0 Å². The van der Waals surface area contributed by atoms with Gasteiger partial charge in [-0.3, -0.25) is 4.79 Å². The Morgan fingerprint density at radius 3 is 3.14 bits per heavy atom. The molecule has 3 aromatic rings. The summed E-state index contributed by atoms with van der Waals surface area (Å²) in [6.45, 7) is 3.56. The fraction of sp³-hybridized carbons (Fsp3) is 0.450. The van der Waals surface area contributed by atoms with E-state index in [1.165, 1.54) is 6.42 Å². The summed E-state index contributed by atoms with van der Waals surface area (Å²) in [5.41, 5.74) is 1.17. The van der Waals surface area contributed by atoms with Crippen LogP contribution in [0.25, 0.3) is 10.2 Å². The molecule has 0 saturated carbocycles. The van der Waals surface area contributed by atoms with Crippen LogP contribution in [0.2, 0.25) is 0 Å². The molecule has 3 heterocycles. The third kappa shape index (κ3) is 4.69. The lowest BCUT2D eigenvalue weighted by atomic mass is 10.1. The van der Waals surface area contributed by atoms with Gasteiger partial charge >= 0.3 is 0 Å². The normalized spacial score (nSPS) is 17.0. The van der Waals surface area contributed by atoms with Crippen molar-refractivity contribution in [1.29, 1.82) is 0 Å². The van der Waals surface area contributed by atoms with Gasteiger partial charge in [-0.25, -0.2) is 4.98 Å². The van der Waals surface area contributed by atoms with Crippen LogP contribution >= 0.6 is 11.3 Å². The molecule has 28 heavy (non-hydrogen) atoms. The fourth-order valence-electron chi connectivity index (χ4n) is 3.23. The molecule has 1 aromatic carbocycles. The highest BCUT2D eigenvalue weighted by molar-refractivity contribution is 7.18. The first-order valence-electron chi connectivity index (χ1n) is 9.53. The second kappa shape index (κ2) is 8.70. The number of carbonyl (C=O) groups excluding carboxylic acids is 1. The minimum atomic E-state index is -0.245. The third-order valence-electron chi connectivity index (χ3n) is 4.66. The Hall–Kier alpha value is -2.45. The first kappa shape index (κ1) is 18.9. The summed E-state index contributed by atoms with van der Waals surface area (Å²) < 4.78 is 17.8. The van der Waals surface area contributed by atoms with Crippen LogP contribution in [0.5, 0.6) is 5.75 Å². The van der Waals surface area contributed by atoms with Crippen LogP contribution in [0.3, 0.4) is 0 Å². The molecule has 1 N–H and O–H groups in total. The summed E-state index contributed by atoms with van der Waals surface area (Å²) in [6.07, 6.45) is 4.45. The lowest BCUT2D eigenvalue weighted by Crippen LogP contribution is -2.29. The van der Waals surface area contributed by atoms with E-state index in [1.807, 2.05) is 25.1 Å². The summed E-state index contributed by atoms with van der Waals surface area (Å²) in [5, 5.41) is 7.73. The molecule has 0 radical (unpaired) electrons. The Morgan fingerprint density at radius 2 is 2.29 bits per heavy atom. The monoisotopic (exact) mass is 401 g/mol. The molecule has 7 nitrogen and oxygen atoms in total. The molecule has 1 aliphatic rings. The van der Waals surface area contributed by atoms with Gasteiger partial charge in [0.15, 0.2) is 11.5 Å². The van der Waals surface area contributed by atoms with Gasteiger partial charge in [0, 0.05) is 25.3 Å². The molecule has 1 atom stereocenters. The van der Waals surface area contributed by atoms with Crippen LogP contribution in [-0.2, 0) is 11.3 Å². The van der Waals surface area contributed by atoms with Crippen LogP contribution < -0.4 is 10.1 Å². The van der Waals surface area contributed by atoms with Crippen LogP contribution in [-0.4, -0.2) is 35.3 Å². The molecule has 1 saturated heterocycles. The minimum absolute atomic E-state index is 0.199. The van der Waals surface area contributed by atoms with E-state index < -0.39 is 0 Å². The Kier molecular flexibility index (Phi) is 5.87. The van der Waals surface area contributed by atoms with Crippen LogP contribution in [0, 0.1) is 6.92 Å². The number of aryl methyl sites for hydroxylation is 1. The van der Waals surface area contributed by atoms with E-state index in [9.17, 15) is 4.79 Å². The number of rotatable bonds is 7. The van der Waals surface area contributed by atoms with E-state index in [-0.39, 0.29) is 24.3 Å². The maximum atomic E-state index is 12.2. The van der Waals surface area contributed by atoms with E-state index >= 15 is 0 Å². The molecule has 1 fully saturated rings. The quantitative estimate of drug-likeness (QED) is 0.647.